The van der Waals surface area contributed by atoms with E-state index in [4.69, 9.17) is 6.42 Å². The number of hydrogen-bond donors (Lipinski definition) is 0. The molecule has 0 radical (unpaired) electrons. The maximum Gasteiger partial charge on any atom is 0.0318 e. The number of rotatable bonds is 6. The molecule has 116 valence electrons. The summed E-state index contributed by atoms with van der Waals surface area (Å²) in [5, 5.41) is 2.67. The smallest absolute Gasteiger partial charge is 0.0318 e. The lowest BCUT2D eigenvalue weighted by atomic mass is 9.81. The quantitative estimate of drug-likeness (QED) is 0.524. The van der Waals surface area contributed by atoms with E-state index in [1.165, 1.54) is 47.6 Å². The molecule has 0 aliphatic rings. The van der Waals surface area contributed by atoms with Crippen LogP contribution in [0.4, 0.5) is 0 Å². The fourth-order valence-corrected chi connectivity index (χ4v) is 3.63. The normalized spacial score (nSPS) is 13.8. The Morgan fingerprint density at radius 2 is 1.64 bits per heavy atom. The van der Waals surface area contributed by atoms with Crippen LogP contribution in [0.3, 0.4) is 0 Å². The summed E-state index contributed by atoms with van der Waals surface area (Å²) in [4.78, 5) is 0. The van der Waals surface area contributed by atoms with Crippen LogP contribution >= 0.6 is 0 Å². The summed E-state index contributed by atoms with van der Waals surface area (Å²) >= 11 is 0. The van der Waals surface area contributed by atoms with Crippen molar-refractivity contribution in [3.63, 3.8) is 0 Å². The highest BCUT2D eigenvalue weighted by atomic mass is 14.2. The predicted molar refractivity (Wildman–Crippen MR) is 98.5 cm³/mol. The van der Waals surface area contributed by atoms with Crippen molar-refractivity contribution in [2.75, 3.05) is 0 Å². The first-order valence-corrected chi connectivity index (χ1v) is 8.66. The maximum absolute atomic E-state index is 5.96. The first-order valence-electron chi connectivity index (χ1n) is 8.66. The highest BCUT2D eigenvalue weighted by Gasteiger charge is 2.19. The monoisotopic (exact) mass is 292 g/mol. The van der Waals surface area contributed by atoms with Gasteiger partial charge in [0.25, 0.3) is 0 Å². The van der Waals surface area contributed by atoms with Crippen molar-refractivity contribution in [2.24, 2.45) is 0 Å². The molecule has 0 aliphatic heterocycles. The first-order chi connectivity index (χ1) is 10.6. The second kappa shape index (κ2) is 7.50. The minimum atomic E-state index is 0.509. The van der Waals surface area contributed by atoms with Crippen LogP contribution in [0, 0.1) is 12.3 Å². The molecule has 0 fully saturated rings. The Hall–Kier alpha value is -1.74. The predicted octanol–water partition coefficient (Wildman–Crippen LogP) is 6.63. The van der Waals surface area contributed by atoms with Crippen LogP contribution in [-0.2, 0) is 0 Å². The van der Waals surface area contributed by atoms with Crippen LogP contribution in [-0.4, -0.2) is 0 Å². The standard InChI is InChI=1S/C22H28/c1-6-11-16(4)21-15-18-13-9-10-14-20(18)22(19(21)8-3)17(5)12-7-2/h3,9-10,13-17H,6-7,11-12H2,1-2,4-5H3. The van der Waals surface area contributed by atoms with Gasteiger partial charge in [0.15, 0.2) is 0 Å². The number of hydrogen-bond acceptors (Lipinski definition) is 0. The lowest BCUT2D eigenvalue weighted by Gasteiger charge is -2.22. The summed E-state index contributed by atoms with van der Waals surface area (Å²) in [5.74, 6) is 4.07. The molecule has 0 nitrogen and oxygen atoms in total. The van der Waals surface area contributed by atoms with E-state index in [-0.39, 0.29) is 0 Å². The van der Waals surface area contributed by atoms with Gasteiger partial charge in [0.05, 0.1) is 0 Å². The van der Waals surface area contributed by atoms with Gasteiger partial charge in [0, 0.05) is 5.56 Å². The van der Waals surface area contributed by atoms with Crippen LogP contribution in [0.15, 0.2) is 30.3 Å². The Kier molecular flexibility index (Phi) is 5.67. The molecule has 22 heavy (non-hydrogen) atoms. The van der Waals surface area contributed by atoms with Crippen LogP contribution in [0.5, 0.6) is 0 Å². The Morgan fingerprint density at radius 3 is 2.27 bits per heavy atom. The van der Waals surface area contributed by atoms with E-state index < -0.39 is 0 Å². The van der Waals surface area contributed by atoms with Crippen molar-refractivity contribution in [1.82, 2.24) is 0 Å². The van der Waals surface area contributed by atoms with Crippen molar-refractivity contribution in [3.8, 4) is 12.3 Å². The minimum Gasteiger partial charge on any atom is -0.115 e. The van der Waals surface area contributed by atoms with Gasteiger partial charge < -0.3 is 0 Å². The second-order valence-corrected chi connectivity index (χ2v) is 6.50. The lowest BCUT2D eigenvalue weighted by Crippen LogP contribution is -2.05. The lowest BCUT2D eigenvalue weighted by molar-refractivity contribution is 0.650. The third-order valence-corrected chi connectivity index (χ3v) is 4.73. The molecular formula is C22H28. The highest BCUT2D eigenvalue weighted by Crippen LogP contribution is 2.37. The van der Waals surface area contributed by atoms with E-state index in [2.05, 4.69) is 63.9 Å². The van der Waals surface area contributed by atoms with Crippen LogP contribution in [0.1, 0.15) is 81.9 Å². The molecule has 0 spiro atoms. The molecule has 0 saturated carbocycles. The van der Waals surface area contributed by atoms with Crippen LogP contribution in [0.2, 0.25) is 0 Å². The minimum absolute atomic E-state index is 0.509. The van der Waals surface area contributed by atoms with Gasteiger partial charge in [0.1, 0.15) is 0 Å². The number of terminal acetylenes is 1. The van der Waals surface area contributed by atoms with Gasteiger partial charge in [-0.15, -0.1) is 6.42 Å². The summed E-state index contributed by atoms with van der Waals surface area (Å²) in [6.07, 6.45) is 10.7. The highest BCUT2D eigenvalue weighted by molar-refractivity contribution is 5.89. The van der Waals surface area contributed by atoms with E-state index in [1.807, 2.05) is 0 Å². The number of fused-ring (bicyclic) bond motifs is 1. The third-order valence-electron chi connectivity index (χ3n) is 4.73. The van der Waals surface area contributed by atoms with E-state index in [0.717, 1.165) is 5.56 Å². The largest absolute Gasteiger partial charge is 0.115 e. The van der Waals surface area contributed by atoms with E-state index >= 15 is 0 Å². The van der Waals surface area contributed by atoms with E-state index in [0.29, 0.717) is 11.8 Å². The van der Waals surface area contributed by atoms with Crippen molar-refractivity contribution in [1.29, 1.82) is 0 Å². The van der Waals surface area contributed by atoms with Crippen molar-refractivity contribution >= 4 is 10.8 Å². The zero-order valence-electron chi connectivity index (χ0n) is 14.4. The van der Waals surface area contributed by atoms with Crippen LogP contribution < -0.4 is 0 Å². The average Bonchev–Trinajstić information content (AvgIpc) is 2.53. The molecule has 2 unspecified atom stereocenters. The zero-order valence-corrected chi connectivity index (χ0v) is 14.4. The first kappa shape index (κ1) is 16.6. The van der Waals surface area contributed by atoms with Crippen molar-refractivity contribution in [2.45, 2.75) is 65.2 Å². The molecule has 2 atom stereocenters. The molecule has 0 heteroatoms. The fraction of sp³-hybridized carbons (Fsp3) is 0.455. The van der Waals surface area contributed by atoms with Gasteiger partial charge in [-0.3, -0.25) is 0 Å². The molecule has 2 rings (SSSR count). The molecule has 2 aromatic carbocycles. The molecule has 2 aromatic rings. The third kappa shape index (κ3) is 3.20. The Labute approximate surface area is 135 Å². The van der Waals surface area contributed by atoms with Gasteiger partial charge in [-0.2, -0.15) is 0 Å². The Morgan fingerprint density at radius 1 is 1.00 bits per heavy atom. The summed E-state index contributed by atoms with van der Waals surface area (Å²) in [6, 6.07) is 11.0. The summed E-state index contributed by atoms with van der Waals surface area (Å²) in [7, 11) is 0. The molecule has 0 saturated heterocycles. The van der Waals surface area contributed by atoms with Crippen LogP contribution in [0.25, 0.3) is 10.8 Å². The van der Waals surface area contributed by atoms with Crippen molar-refractivity contribution < 1.29 is 0 Å². The molecule has 0 aromatic heterocycles. The van der Waals surface area contributed by atoms with E-state index in [9.17, 15) is 0 Å². The Bertz CT molecular complexity index is 672. The molecule has 0 bridgehead atoms. The zero-order chi connectivity index (χ0) is 16.1. The average molecular weight is 292 g/mol. The molecule has 0 aliphatic carbocycles. The van der Waals surface area contributed by atoms with Gasteiger partial charge in [0.2, 0.25) is 0 Å². The van der Waals surface area contributed by atoms with E-state index in [1.54, 1.807) is 0 Å². The van der Waals surface area contributed by atoms with Gasteiger partial charge in [-0.1, -0.05) is 70.7 Å². The summed E-state index contributed by atoms with van der Waals surface area (Å²) in [5.41, 5.74) is 3.90. The maximum atomic E-state index is 5.96. The molecular weight excluding hydrogens is 264 g/mol. The van der Waals surface area contributed by atoms with Crippen molar-refractivity contribution in [3.05, 3.63) is 47.0 Å². The number of benzene rings is 2. The van der Waals surface area contributed by atoms with Gasteiger partial charge in [-0.05, 0) is 52.6 Å². The fourth-order valence-electron chi connectivity index (χ4n) is 3.63. The molecule has 0 amide bonds. The van der Waals surface area contributed by atoms with Gasteiger partial charge in [-0.25, -0.2) is 0 Å². The SMILES string of the molecule is C#Cc1c(C(C)CCC)cc2ccccc2c1C(C)CCC. The molecule has 0 heterocycles. The van der Waals surface area contributed by atoms with Gasteiger partial charge >= 0.3 is 0 Å². The summed E-state index contributed by atoms with van der Waals surface area (Å²) < 4.78 is 0. The summed E-state index contributed by atoms with van der Waals surface area (Å²) in [6.45, 7) is 9.12. The second-order valence-electron chi connectivity index (χ2n) is 6.50. The Balaban J connectivity index is 2.74. The molecule has 0 N–H and O–H groups in total. The topological polar surface area (TPSA) is 0 Å².